The van der Waals surface area contributed by atoms with E-state index in [1.165, 1.54) is 81.7 Å². The molecule has 0 aliphatic rings. The van der Waals surface area contributed by atoms with Gasteiger partial charge in [0.25, 0.3) is 0 Å². The Morgan fingerprint density at radius 2 is 0.854 bits per heavy atom. The SMILES string of the molecule is CC(C)c1ccc(-c2c3ccccc3c(-c3cc4cc5ccccc5cc4c4ccccc34)c3ccccc23)cc1. The Balaban J connectivity index is 1.52. The van der Waals surface area contributed by atoms with Gasteiger partial charge in [0.1, 0.15) is 0 Å². The summed E-state index contributed by atoms with van der Waals surface area (Å²) < 4.78 is 0. The molecule has 0 aromatic heterocycles. The van der Waals surface area contributed by atoms with Crippen LogP contribution in [0.25, 0.3) is 76.1 Å². The van der Waals surface area contributed by atoms with Crippen molar-refractivity contribution in [3.05, 3.63) is 145 Å². The maximum atomic E-state index is 2.43. The second-order valence-corrected chi connectivity index (χ2v) is 11.5. The summed E-state index contributed by atoms with van der Waals surface area (Å²) in [5.41, 5.74) is 6.55. The standard InChI is InChI=1S/C41H30/c1-26(2)27-19-21-28(22-20-27)40-34-15-7-9-17-36(34)41(37-18-10-8-16-35(37)40)39-25-31-23-29-11-3-4-12-30(29)24-38(31)32-13-5-6-14-33(32)39/h3-26H,1-2H3. The molecule has 0 N–H and O–H groups in total. The highest BCUT2D eigenvalue weighted by molar-refractivity contribution is 6.26. The van der Waals surface area contributed by atoms with Crippen LogP contribution in [-0.4, -0.2) is 0 Å². The Hall–Kier alpha value is -4.94. The molecule has 0 nitrogen and oxygen atoms in total. The Morgan fingerprint density at radius 1 is 0.366 bits per heavy atom. The van der Waals surface area contributed by atoms with E-state index in [1.54, 1.807) is 0 Å². The normalized spacial score (nSPS) is 11.9. The van der Waals surface area contributed by atoms with Crippen LogP contribution in [0.15, 0.2) is 140 Å². The molecular formula is C41H30. The molecule has 0 aliphatic carbocycles. The summed E-state index contributed by atoms with van der Waals surface area (Å²) in [5.74, 6) is 0.512. The topological polar surface area (TPSA) is 0 Å². The first-order chi connectivity index (χ1) is 20.2. The molecule has 41 heavy (non-hydrogen) atoms. The molecule has 194 valence electrons. The zero-order valence-corrected chi connectivity index (χ0v) is 23.4. The summed E-state index contributed by atoms with van der Waals surface area (Å²) in [6.45, 7) is 4.51. The molecular weight excluding hydrogens is 492 g/mol. The molecule has 0 atom stereocenters. The molecule has 0 saturated carbocycles. The first-order valence-corrected chi connectivity index (χ1v) is 14.6. The molecule has 8 rings (SSSR count). The second-order valence-electron chi connectivity index (χ2n) is 11.5. The third-order valence-corrected chi connectivity index (χ3v) is 8.79. The van der Waals surface area contributed by atoms with Crippen LogP contribution < -0.4 is 0 Å². The van der Waals surface area contributed by atoms with Crippen molar-refractivity contribution in [1.82, 2.24) is 0 Å². The van der Waals surface area contributed by atoms with Crippen molar-refractivity contribution in [3.63, 3.8) is 0 Å². The predicted octanol–water partition coefficient (Wildman–Crippen LogP) is 11.9. The van der Waals surface area contributed by atoms with Gasteiger partial charge in [0.05, 0.1) is 0 Å². The van der Waals surface area contributed by atoms with Crippen molar-refractivity contribution < 1.29 is 0 Å². The van der Waals surface area contributed by atoms with E-state index in [0.29, 0.717) is 5.92 Å². The summed E-state index contributed by atoms with van der Waals surface area (Å²) in [6.07, 6.45) is 0. The van der Waals surface area contributed by atoms with E-state index in [0.717, 1.165) is 0 Å². The molecule has 0 aliphatic heterocycles. The van der Waals surface area contributed by atoms with Crippen molar-refractivity contribution >= 4 is 53.9 Å². The van der Waals surface area contributed by atoms with Gasteiger partial charge in [-0.15, -0.1) is 0 Å². The first-order valence-electron chi connectivity index (χ1n) is 14.6. The van der Waals surface area contributed by atoms with Gasteiger partial charge in [-0.2, -0.15) is 0 Å². The molecule has 0 spiro atoms. The van der Waals surface area contributed by atoms with Gasteiger partial charge in [-0.25, -0.2) is 0 Å². The largest absolute Gasteiger partial charge is 0.0616 e. The van der Waals surface area contributed by atoms with Crippen molar-refractivity contribution in [2.45, 2.75) is 19.8 Å². The van der Waals surface area contributed by atoms with E-state index < -0.39 is 0 Å². The van der Waals surface area contributed by atoms with Crippen LogP contribution in [0, 0.1) is 0 Å². The molecule has 0 fully saturated rings. The third-order valence-electron chi connectivity index (χ3n) is 8.79. The van der Waals surface area contributed by atoms with Gasteiger partial charge >= 0.3 is 0 Å². The van der Waals surface area contributed by atoms with Crippen molar-refractivity contribution in [2.75, 3.05) is 0 Å². The lowest BCUT2D eigenvalue weighted by atomic mass is 9.83. The molecule has 0 saturated heterocycles. The van der Waals surface area contributed by atoms with Crippen LogP contribution in [0.1, 0.15) is 25.3 Å². The molecule has 0 radical (unpaired) electrons. The van der Waals surface area contributed by atoms with Crippen molar-refractivity contribution in [3.8, 4) is 22.3 Å². The van der Waals surface area contributed by atoms with Crippen LogP contribution in [0.5, 0.6) is 0 Å². The average Bonchev–Trinajstić information content (AvgIpc) is 3.02. The highest BCUT2D eigenvalue weighted by Gasteiger charge is 2.19. The lowest BCUT2D eigenvalue weighted by Crippen LogP contribution is -1.93. The Morgan fingerprint density at radius 3 is 1.44 bits per heavy atom. The van der Waals surface area contributed by atoms with Crippen LogP contribution in [0.3, 0.4) is 0 Å². The average molecular weight is 523 g/mol. The predicted molar refractivity (Wildman–Crippen MR) is 179 cm³/mol. The number of benzene rings is 8. The smallest absolute Gasteiger partial charge is 0.00199 e. The van der Waals surface area contributed by atoms with Gasteiger partial charge in [-0.1, -0.05) is 135 Å². The molecule has 8 aromatic rings. The van der Waals surface area contributed by atoms with E-state index in [9.17, 15) is 0 Å². The minimum Gasteiger partial charge on any atom is -0.0616 e. The highest BCUT2D eigenvalue weighted by atomic mass is 14.2. The fourth-order valence-electron chi connectivity index (χ4n) is 6.77. The minimum absolute atomic E-state index is 0.512. The van der Waals surface area contributed by atoms with Crippen LogP contribution in [0.2, 0.25) is 0 Å². The molecule has 0 unspecified atom stereocenters. The van der Waals surface area contributed by atoms with E-state index >= 15 is 0 Å². The lowest BCUT2D eigenvalue weighted by Gasteiger charge is -2.20. The van der Waals surface area contributed by atoms with E-state index in [2.05, 4.69) is 153 Å². The van der Waals surface area contributed by atoms with Gasteiger partial charge < -0.3 is 0 Å². The molecule has 0 heterocycles. The van der Waals surface area contributed by atoms with Crippen LogP contribution in [-0.2, 0) is 0 Å². The second kappa shape index (κ2) is 9.32. The van der Waals surface area contributed by atoms with Gasteiger partial charge in [0.2, 0.25) is 0 Å². The first kappa shape index (κ1) is 23.9. The highest BCUT2D eigenvalue weighted by Crippen LogP contribution is 2.46. The van der Waals surface area contributed by atoms with E-state index in [4.69, 9.17) is 0 Å². The number of rotatable bonds is 3. The number of fused-ring (bicyclic) bond motifs is 6. The van der Waals surface area contributed by atoms with Crippen LogP contribution >= 0.6 is 0 Å². The fourth-order valence-corrected chi connectivity index (χ4v) is 6.77. The lowest BCUT2D eigenvalue weighted by molar-refractivity contribution is 0.867. The number of hydrogen-bond acceptors (Lipinski definition) is 0. The van der Waals surface area contributed by atoms with Crippen molar-refractivity contribution in [1.29, 1.82) is 0 Å². The summed E-state index contributed by atoms with van der Waals surface area (Å²) >= 11 is 0. The fraction of sp³-hybridized carbons (Fsp3) is 0.0732. The van der Waals surface area contributed by atoms with Crippen LogP contribution in [0.4, 0.5) is 0 Å². The number of hydrogen-bond donors (Lipinski definition) is 0. The van der Waals surface area contributed by atoms with E-state index in [-0.39, 0.29) is 0 Å². The quantitative estimate of drug-likeness (QED) is 0.160. The summed E-state index contributed by atoms with van der Waals surface area (Å²) in [4.78, 5) is 0. The zero-order chi connectivity index (χ0) is 27.5. The maximum Gasteiger partial charge on any atom is -0.00199 e. The summed E-state index contributed by atoms with van der Waals surface area (Å²) in [7, 11) is 0. The van der Waals surface area contributed by atoms with Gasteiger partial charge in [0, 0.05) is 0 Å². The molecule has 8 aromatic carbocycles. The molecule has 0 bridgehead atoms. The maximum absolute atomic E-state index is 2.43. The monoisotopic (exact) mass is 522 g/mol. The van der Waals surface area contributed by atoms with Gasteiger partial charge in [-0.3, -0.25) is 0 Å². The molecule has 0 amide bonds. The Bertz CT molecular complexity index is 2210. The zero-order valence-electron chi connectivity index (χ0n) is 23.4. The Labute approximate surface area is 240 Å². The summed E-state index contributed by atoms with van der Waals surface area (Å²) in [6, 6.07) is 51.9. The van der Waals surface area contributed by atoms with Crippen molar-refractivity contribution in [2.24, 2.45) is 0 Å². The minimum atomic E-state index is 0.512. The Kier molecular flexibility index (Phi) is 5.43. The van der Waals surface area contributed by atoms with Gasteiger partial charge in [-0.05, 0) is 106 Å². The molecule has 0 heteroatoms. The summed E-state index contributed by atoms with van der Waals surface area (Å²) in [5, 5.41) is 12.9. The van der Waals surface area contributed by atoms with E-state index in [1.807, 2.05) is 0 Å². The van der Waals surface area contributed by atoms with Gasteiger partial charge in [0.15, 0.2) is 0 Å². The third kappa shape index (κ3) is 3.75.